The standard InChI is InChI=1S/C9H12ClN3O2S/c1-6(4-16(2)15)13-9-7(3-14)8(10)11-5-12-9/h3,5-6H,4H2,1-2H3,(H,11,12,13). The van der Waals surface area contributed by atoms with Gasteiger partial charge in [0.1, 0.15) is 17.3 Å². The normalized spacial score (nSPS) is 14.2. The number of hydrogen-bond acceptors (Lipinski definition) is 5. The molecule has 0 spiro atoms. The lowest BCUT2D eigenvalue weighted by molar-refractivity contribution is 0.112. The Labute approximate surface area is 101 Å². The Morgan fingerprint density at radius 3 is 2.88 bits per heavy atom. The SMILES string of the molecule is CC(CS(C)=O)Nc1ncnc(Cl)c1C=O. The summed E-state index contributed by atoms with van der Waals surface area (Å²) in [6, 6.07) is -0.0597. The fraction of sp³-hybridized carbons (Fsp3) is 0.444. The molecular weight excluding hydrogens is 250 g/mol. The van der Waals surface area contributed by atoms with Crippen LogP contribution in [0.25, 0.3) is 0 Å². The zero-order chi connectivity index (χ0) is 12.1. The molecule has 1 N–H and O–H groups in total. The number of rotatable bonds is 5. The van der Waals surface area contributed by atoms with E-state index in [0.29, 0.717) is 17.9 Å². The molecule has 0 aliphatic heterocycles. The van der Waals surface area contributed by atoms with E-state index in [1.54, 1.807) is 6.26 Å². The first-order valence-corrected chi connectivity index (χ1v) is 6.67. The van der Waals surface area contributed by atoms with Crippen molar-refractivity contribution in [1.29, 1.82) is 0 Å². The molecule has 1 heterocycles. The van der Waals surface area contributed by atoms with Gasteiger partial charge in [-0.3, -0.25) is 9.00 Å². The van der Waals surface area contributed by atoms with Gasteiger partial charge < -0.3 is 5.32 Å². The highest BCUT2D eigenvalue weighted by atomic mass is 35.5. The number of anilines is 1. The maximum Gasteiger partial charge on any atom is 0.156 e. The lowest BCUT2D eigenvalue weighted by Crippen LogP contribution is -2.23. The van der Waals surface area contributed by atoms with Crippen molar-refractivity contribution in [2.75, 3.05) is 17.3 Å². The van der Waals surface area contributed by atoms with Crippen molar-refractivity contribution in [3.63, 3.8) is 0 Å². The van der Waals surface area contributed by atoms with Gasteiger partial charge in [-0.25, -0.2) is 9.97 Å². The van der Waals surface area contributed by atoms with Crippen molar-refractivity contribution in [3.8, 4) is 0 Å². The Hall–Kier alpha value is -1.01. The van der Waals surface area contributed by atoms with Gasteiger partial charge in [0.2, 0.25) is 0 Å². The molecule has 0 aromatic carbocycles. The minimum atomic E-state index is -0.910. The summed E-state index contributed by atoms with van der Waals surface area (Å²) in [4.78, 5) is 18.4. The number of carbonyl (C=O) groups is 1. The Morgan fingerprint density at radius 1 is 1.62 bits per heavy atom. The monoisotopic (exact) mass is 261 g/mol. The van der Waals surface area contributed by atoms with Crippen molar-refractivity contribution >= 4 is 34.5 Å². The Bertz CT molecular complexity index is 414. The van der Waals surface area contributed by atoms with Crippen molar-refractivity contribution in [2.45, 2.75) is 13.0 Å². The fourth-order valence-corrected chi connectivity index (χ4v) is 2.19. The van der Waals surface area contributed by atoms with Gasteiger partial charge in [-0.1, -0.05) is 11.6 Å². The van der Waals surface area contributed by atoms with E-state index in [9.17, 15) is 9.00 Å². The molecule has 1 aromatic heterocycles. The topological polar surface area (TPSA) is 72.0 Å². The minimum absolute atomic E-state index is 0.0597. The quantitative estimate of drug-likeness (QED) is 0.635. The zero-order valence-corrected chi connectivity index (χ0v) is 10.5. The number of aldehydes is 1. The molecule has 2 atom stereocenters. The highest BCUT2D eigenvalue weighted by Crippen LogP contribution is 2.17. The van der Waals surface area contributed by atoms with E-state index >= 15 is 0 Å². The molecule has 0 radical (unpaired) electrons. The largest absolute Gasteiger partial charge is 0.366 e. The van der Waals surface area contributed by atoms with Crippen molar-refractivity contribution in [2.24, 2.45) is 0 Å². The molecule has 5 nitrogen and oxygen atoms in total. The van der Waals surface area contributed by atoms with E-state index in [1.165, 1.54) is 6.33 Å². The van der Waals surface area contributed by atoms with Gasteiger partial charge in [0.15, 0.2) is 6.29 Å². The lowest BCUT2D eigenvalue weighted by Gasteiger charge is -2.14. The molecular formula is C9H12ClN3O2S. The molecule has 2 unspecified atom stereocenters. The van der Waals surface area contributed by atoms with Crippen LogP contribution < -0.4 is 5.32 Å². The van der Waals surface area contributed by atoms with Crippen molar-refractivity contribution in [1.82, 2.24) is 9.97 Å². The summed E-state index contributed by atoms with van der Waals surface area (Å²) in [6.07, 6.45) is 3.49. The van der Waals surface area contributed by atoms with Crippen LogP contribution in [0.1, 0.15) is 17.3 Å². The summed E-state index contributed by atoms with van der Waals surface area (Å²) < 4.78 is 11.0. The summed E-state index contributed by atoms with van der Waals surface area (Å²) in [5, 5.41) is 3.08. The van der Waals surface area contributed by atoms with Gasteiger partial charge in [0.05, 0.1) is 5.56 Å². The third-order valence-electron chi connectivity index (χ3n) is 1.82. The van der Waals surface area contributed by atoms with E-state index in [-0.39, 0.29) is 16.8 Å². The number of carbonyl (C=O) groups excluding carboxylic acids is 1. The molecule has 1 aromatic rings. The number of aromatic nitrogens is 2. The molecule has 88 valence electrons. The molecule has 16 heavy (non-hydrogen) atoms. The van der Waals surface area contributed by atoms with Gasteiger partial charge in [-0.2, -0.15) is 0 Å². The summed E-state index contributed by atoms with van der Waals surface area (Å²) in [5.74, 6) is 0.841. The first-order chi connectivity index (χ1) is 7.54. The molecule has 0 saturated heterocycles. The van der Waals surface area contributed by atoms with Crippen molar-refractivity contribution < 1.29 is 9.00 Å². The highest BCUT2D eigenvalue weighted by molar-refractivity contribution is 7.84. The second-order valence-corrected chi connectivity index (χ2v) is 5.17. The number of halogens is 1. The van der Waals surface area contributed by atoms with Crippen LogP contribution in [0.4, 0.5) is 5.82 Å². The van der Waals surface area contributed by atoms with E-state index in [1.807, 2.05) is 6.92 Å². The fourth-order valence-electron chi connectivity index (χ4n) is 1.22. The van der Waals surface area contributed by atoms with Crippen LogP contribution in [0, 0.1) is 0 Å². The van der Waals surface area contributed by atoms with E-state index < -0.39 is 10.8 Å². The van der Waals surface area contributed by atoms with Crippen LogP contribution in [0.2, 0.25) is 5.15 Å². The Balaban J connectivity index is 2.84. The third-order valence-corrected chi connectivity index (χ3v) is 3.09. The average Bonchev–Trinajstić information content (AvgIpc) is 2.16. The molecule has 0 amide bonds. The predicted molar refractivity (Wildman–Crippen MR) is 64.4 cm³/mol. The summed E-state index contributed by atoms with van der Waals surface area (Å²) in [7, 11) is -0.910. The van der Waals surface area contributed by atoms with Crippen LogP contribution in [-0.2, 0) is 10.8 Å². The van der Waals surface area contributed by atoms with Crippen molar-refractivity contribution in [3.05, 3.63) is 17.0 Å². The van der Waals surface area contributed by atoms with Gasteiger partial charge in [0.25, 0.3) is 0 Å². The first kappa shape index (κ1) is 13.1. The predicted octanol–water partition coefficient (Wildman–Crippen LogP) is 1.12. The van der Waals surface area contributed by atoms with Crippen LogP contribution in [0.15, 0.2) is 6.33 Å². The van der Waals surface area contributed by atoms with Gasteiger partial charge in [-0.15, -0.1) is 0 Å². The molecule has 7 heteroatoms. The van der Waals surface area contributed by atoms with E-state index in [2.05, 4.69) is 15.3 Å². The Kier molecular flexibility index (Phi) is 4.82. The maximum absolute atomic E-state index is 11.0. The summed E-state index contributed by atoms with van der Waals surface area (Å²) >= 11 is 5.74. The van der Waals surface area contributed by atoms with Crippen LogP contribution in [0.5, 0.6) is 0 Å². The second kappa shape index (κ2) is 5.91. The third kappa shape index (κ3) is 3.53. The van der Waals surface area contributed by atoms with Crippen LogP contribution >= 0.6 is 11.6 Å². The van der Waals surface area contributed by atoms with Gasteiger partial charge in [-0.05, 0) is 6.92 Å². The lowest BCUT2D eigenvalue weighted by atomic mass is 10.3. The van der Waals surface area contributed by atoms with Gasteiger partial charge >= 0.3 is 0 Å². The highest BCUT2D eigenvalue weighted by Gasteiger charge is 2.12. The summed E-state index contributed by atoms with van der Waals surface area (Å²) in [5.41, 5.74) is 0.220. The molecule has 0 bridgehead atoms. The second-order valence-electron chi connectivity index (χ2n) is 3.33. The van der Waals surface area contributed by atoms with Crippen LogP contribution in [0.3, 0.4) is 0 Å². The molecule has 0 fully saturated rings. The number of hydrogen-bond donors (Lipinski definition) is 1. The van der Waals surface area contributed by atoms with E-state index in [0.717, 1.165) is 0 Å². The smallest absolute Gasteiger partial charge is 0.156 e. The number of nitrogens with one attached hydrogen (secondary N) is 1. The molecule has 1 rings (SSSR count). The molecule has 0 aliphatic carbocycles. The van der Waals surface area contributed by atoms with Gasteiger partial charge in [0, 0.05) is 28.9 Å². The minimum Gasteiger partial charge on any atom is -0.366 e. The molecule has 0 saturated carbocycles. The first-order valence-electron chi connectivity index (χ1n) is 4.56. The zero-order valence-electron chi connectivity index (χ0n) is 8.94. The maximum atomic E-state index is 11.0. The number of nitrogens with zero attached hydrogens (tertiary/aromatic N) is 2. The van der Waals surface area contributed by atoms with Crippen LogP contribution in [-0.4, -0.2) is 38.5 Å². The molecule has 0 aliphatic rings. The van der Waals surface area contributed by atoms with E-state index in [4.69, 9.17) is 11.6 Å². The average molecular weight is 262 g/mol. The summed E-state index contributed by atoms with van der Waals surface area (Å²) in [6.45, 7) is 1.85. The Morgan fingerprint density at radius 2 is 2.31 bits per heavy atom.